The molecule has 0 saturated heterocycles. The van der Waals surface area contributed by atoms with Gasteiger partial charge in [-0.25, -0.2) is 28.8 Å². The minimum atomic E-state index is -1.43. The molecule has 0 radical (unpaired) electrons. The summed E-state index contributed by atoms with van der Waals surface area (Å²) < 4.78 is 8.07. The third kappa shape index (κ3) is 25.7. The number of hydrogen-bond donors (Lipinski definition) is 2. The second-order valence-corrected chi connectivity index (χ2v) is 3.16. The first-order chi connectivity index (χ1) is 10.2. The van der Waals surface area contributed by atoms with Crippen LogP contribution in [0.25, 0.3) is 0 Å². The molecule has 10 nitrogen and oxygen atoms in total. The molecule has 0 aromatic carbocycles. The second-order valence-electron chi connectivity index (χ2n) is 3.16. The molecule has 0 rings (SSSR count). The summed E-state index contributed by atoms with van der Waals surface area (Å²) in [4.78, 5) is 63.9. The van der Waals surface area contributed by atoms with Crippen LogP contribution in [0.2, 0.25) is 0 Å². The fourth-order valence-electron chi connectivity index (χ4n) is 0.749. The van der Waals surface area contributed by atoms with Crippen molar-refractivity contribution in [3.8, 4) is 0 Å². The number of rotatable bonds is 6. The summed E-state index contributed by atoms with van der Waals surface area (Å²) in [7, 11) is 0. The van der Waals surface area contributed by atoms with Crippen LogP contribution in [0.4, 0.5) is 0 Å². The molecule has 0 aliphatic rings. The van der Waals surface area contributed by atoms with Gasteiger partial charge in [0, 0.05) is 36.5 Å². The predicted octanol–water partition coefficient (Wildman–Crippen LogP) is -12.6. The fourth-order valence-corrected chi connectivity index (χ4v) is 0.749. The first-order valence-corrected chi connectivity index (χ1v) is 5.22. The van der Waals surface area contributed by atoms with E-state index in [9.17, 15) is 28.8 Å². The van der Waals surface area contributed by atoms with Crippen molar-refractivity contribution in [3.63, 3.8) is 0 Å². The molecular formula is C12H12K2Na2O10. The van der Waals surface area contributed by atoms with Crippen molar-refractivity contribution >= 4 is 35.8 Å². The zero-order valence-corrected chi connectivity index (χ0v) is 24.9. The largest absolute Gasteiger partial charge is 1.00 e. The summed E-state index contributed by atoms with van der Waals surface area (Å²) in [6.07, 6.45) is 2.69. The van der Waals surface area contributed by atoms with Gasteiger partial charge in [-0.2, -0.15) is 0 Å². The second kappa shape index (κ2) is 23.0. The van der Waals surface area contributed by atoms with Crippen LogP contribution in [0, 0.1) is 0 Å². The Morgan fingerprint density at radius 1 is 0.538 bits per heavy atom. The van der Waals surface area contributed by atoms with Crippen molar-refractivity contribution in [1.29, 1.82) is 0 Å². The average molecular weight is 440 g/mol. The number of hydrogen-bond acceptors (Lipinski definition) is 8. The number of aliphatic carboxylic acids is 2. The van der Waals surface area contributed by atoms with Crippen molar-refractivity contribution in [2.45, 2.75) is 0 Å². The molecule has 124 valence electrons. The van der Waals surface area contributed by atoms with Crippen LogP contribution in [0.5, 0.6) is 0 Å². The van der Waals surface area contributed by atoms with Gasteiger partial charge in [0.1, 0.15) is 0 Å². The molecule has 0 unspecified atom stereocenters. The number of carboxylic acid groups (broad SMARTS) is 2. The van der Waals surface area contributed by atoms with E-state index in [2.05, 4.69) is 9.47 Å². The fraction of sp³-hybridized carbons (Fsp3) is 0. The summed E-state index contributed by atoms with van der Waals surface area (Å²) in [6, 6.07) is 0. The van der Waals surface area contributed by atoms with Gasteiger partial charge in [-0.15, -0.1) is 0 Å². The summed E-state index contributed by atoms with van der Waals surface area (Å²) in [6.45, 7) is 0. The molecule has 0 heterocycles. The Hall–Kier alpha value is 1.71. The first-order valence-electron chi connectivity index (χ1n) is 5.22. The first kappa shape index (κ1) is 38.3. The van der Waals surface area contributed by atoms with E-state index in [0.717, 1.165) is 0 Å². The van der Waals surface area contributed by atoms with Crippen LogP contribution in [-0.4, -0.2) is 46.0 Å². The van der Waals surface area contributed by atoms with Gasteiger partial charge < -0.3 is 25.4 Å². The van der Waals surface area contributed by atoms with E-state index in [-0.39, 0.29) is 168 Å². The zero-order valence-electron chi connectivity index (χ0n) is 18.6. The van der Waals surface area contributed by atoms with E-state index in [1.807, 2.05) is 0 Å². The molecule has 0 saturated carbocycles. The van der Waals surface area contributed by atoms with Crippen LogP contribution in [-0.2, 0) is 38.2 Å². The number of esters is 4. The Labute approximate surface area is 282 Å². The Morgan fingerprint density at radius 2 is 0.731 bits per heavy atom. The van der Waals surface area contributed by atoms with Gasteiger partial charge >= 0.3 is 198 Å². The molecule has 0 fully saturated rings. The maximum Gasteiger partial charge on any atom is 1.00 e. The molecule has 0 aromatic rings. The third-order valence-corrected chi connectivity index (χ3v) is 1.48. The van der Waals surface area contributed by atoms with E-state index in [1.54, 1.807) is 0 Å². The van der Waals surface area contributed by atoms with Crippen molar-refractivity contribution in [2.24, 2.45) is 0 Å². The predicted molar refractivity (Wildman–Crippen MR) is 69.3 cm³/mol. The molecule has 0 aliphatic heterocycles. The standard InChI is InChI=1S/C12H8O10.2K.2Na.4H/c13-7(14)1-3-9(17)21-11(19)5-6-12(20)22-10(18)4-2-8(15)16;;;;;;;;/h1-6H,(H,13,14)(H,15,16);;;;;;;;/q;4*+1;4*-1/b3-1-,4-2-,6-5+;;;;;;;;. The van der Waals surface area contributed by atoms with Crippen LogP contribution in [0.3, 0.4) is 0 Å². The van der Waals surface area contributed by atoms with Gasteiger partial charge in [-0.3, -0.25) is 0 Å². The van der Waals surface area contributed by atoms with Crippen molar-refractivity contribution in [3.05, 3.63) is 36.5 Å². The topological polar surface area (TPSA) is 161 Å². The van der Waals surface area contributed by atoms with Crippen LogP contribution in [0.1, 0.15) is 5.71 Å². The monoisotopic (exact) mass is 440 g/mol. The van der Waals surface area contributed by atoms with Crippen LogP contribution >= 0.6 is 0 Å². The van der Waals surface area contributed by atoms with Gasteiger partial charge in [-0.05, 0) is 0 Å². The molecule has 2 N–H and O–H groups in total. The third-order valence-electron chi connectivity index (χ3n) is 1.48. The van der Waals surface area contributed by atoms with E-state index < -0.39 is 35.8 Å². The minimum absolute atomic E-state index is 0. The van der Waals surface area contributed by atoms with E-state index in [1.165, 1.54) is 0 Å². The van der Waals surface area contributed by atoms with Crippen molar-refractivity contribution < 1.29 is 216 Å². The Morgan fingerprint density at radius 3 is 0.923 bits per heavy atom. The Bertz CT molecular complexity index is 578. The molecular weight excluding hydrogens is 428 g/mol. The molecule has 0 atom stereocenters. The molecule has 14 heteroatoms. The number of carbonyl (C=O) groups excluding carboxylic acids is 4. The van der Waals surface area contributed by atoms with E-state index >= 15 is 0 Å². The van der Waals surface area contributed by atoms with E-state index in [0.29, 0.717) is 36.5 Å². The minimum Gasteiger partial charge on any atom is -1.00 e. The summed E-state index contributed by atoms with van der Waals surface area (Å²) in [5.41, 5.74) is 0. The number of carboxylic acids is 2. The van der Waals surface area contributed by atoms with Gasteiger partial charge in [0.05, 0.1) is 0 Å². The quantitative estimate of drug-likeness (QED) is 0.176. The van der Waals surface area contributed by atoms with Crippen molar-refractivity contribution in [2.75, 3.05) is 0 Å². The smallest absolute Gasteiger partial charge is 1.00 e. The normalized spacial score (nSPS) is 9.08. The Balaban J connectivity index is -0.0000000787. The summed E-state index contributed by atoms with van der Waals surface area (Å²) >= 11 is 0. The van der Waals surface area contributed by atoms with E-state index in [4.69, 9.17) is 10.2 Å². The summed E-state index contributed by atoms with van der Waals surface area (Å²) in [5, 5.41) is 16.4. The molecule has 0 aliphatic carbocycles. The number of ether oxygens (including phenoxy) is 2. The van der Waals surface area contributed by atoms with Crippen LogP contribution in [0.15, 0.2) is 36.5 Å². The summed E-state index contributed by atoms with van der Waals surface area (Å²) in [5.74, 6) is -8.07. The molecule has 0 aromatic heterocycles. The van der Waals surface area contributed by atoms with Gasteiger partial charge in [0.2, 0.25) is 0 Å². The molecule has 0 bridgehead atoms. The Kier molecular flexibility index (Phi) is 33.9. The van der Waals surface area contributed by atoms with Crippen LogP contribution < -0.4 is 162 Å². The maximum absolute atomic E-state index is 11.0. The van der Waals surface area contributed by atoms with Gasteiger partial charge in [0.15, 0.2) is 0 Å². The van der Waals surface area contributed by atoms with Crippen molar-refractivity contribution in [1.82, 2.24) is 0 Å². The zero-order chi connectivity index (χ0) is 17.1. The average Bonchev–Trinajstić information content (AvgIpc) is 2.40. The maximum atomic E-state index is 11.0. The van der Waals surface area contributed by atoms with Gasteiger partial charge in [-0.1, -0.05) is 0 Å². The number of carbonyl (C=O) groups is 6. The molecule has 0 spiro atoms. The molecule has 26 heavy (non-hydrogen) atoms. The van der Waals surface area contributed by atoms with Gasteiger partial charge in [0.25, 0.3) is 0 Å². The SMILES string of the molecule is O=C(O)/C=C\C(=O)OC(=O)/C=C/C(=O)OC(=O)/C=C\C(=O)O.[H-].[H-].[H-].[H-].[K+].[K+].[Na+].[Na+]. The molecule has 0 amide bonds.